The standard InChI is InChI=1S/C20H22N2O2S/c1-20(2)13-14-12-15(8-9-18(14)24-20)25-11-5-10-22-17-7-4-3-6-16(17)21-19(22)23/h3-4,6-9,12H,5,10-11,13H2,1-2H3,(H,21,23). The number of rotatable bonds is 5. The molecule has 0 aliphatic carbocycles. The number of H-pyrrole nitrogens is 1. The summed E-state index contributed by atoms with van der Waals surface area (Å²) in [5.74, 6) is 1.99. The number of aromatic nitrogens is 2. The number of hydrogen-bond donors (Lipinski definition) is 1. The van der Waals surface area contributed by atoms with Crippen LogP contribution in [0, 0.1) is 0 Å². The average molecular weight is 354 g/mol. The second-order valence-electron chi connectivity index (χ2n) is 7.11. The molecule has 0 unspecified atom stereocenters. The van der Waals surface area contributed by atoms with Gasteiger partial charge in [-0.1, -0.05) is 12.1 Å². The minimum Gasteiger partial charge on any atom is -0.487 e. The van der Waals surface area contributed by atoms with Crippen molar-refractivity contribution in [3.8, 4) is 5.75 Å². The van der Waals surface area contributed by atoms with E-state index in [9.17, 15) is 4.79 Å². The number of nitrogens with one attached hydrogen (secondary N) is 1. The van der Waals surface area contributed by atoms with Crippen LogP contribution in [0.3, 0.4) is 0 Å². The van der Waals surface area contributed by atoms with Gasteiger partial charge in [0.2, 0.25) is 0 Å². The van der Waals surface area contributed by atoms with Crippen molar-refractivity contribution in [1.29, 1.82) is 0 Å². The number of para-hydroxylation sites is 2. The quantitative estimate of drug-likeness (QED) is 0.551. The number of ether oxygens (including phenoxy) is 1. The van der Waals surface area contributed by atoms with Gasteiger partial charge in [-0.25, -0.2) is 4.79 Å². The molecule has 25 heavy (non-hydrogen) atoms. The lowest BCUT2D eigenvalue weighted by Crippen LogP contribution is -2.24. The zero-order valence-corrected chi connectivity index (χ0v) is 15.4. The number of benzene rings is 2. The van der Waals surface area contributed by atoms with Crippen molar-refractivity contribution < 1.29 is 4.74 Å². The molecular formula is C20H22N2O2S. The van der Waals surface area contributed by atoms with Crippen LogP contribution in [0.15, 0.2) is 52.2 Å². The summed E-state index contributed by atoms with van der Waals surface area (Å²) in [6.45, 7) is 4.98. The fourth-order valence-electron chi connectivity index (χ4n) is 3.42. The Morgan fingerprint density at radius 2 is 2.08 bits per heavy atom. The third-order valence-electron chi connectivity index (χ3n) is 4.51. The lowest BCUT2D eigenvalue weighted by atomic mass is 10.0. The van der Waals surface area contributed by atoms with Gasteiger partial charge in [0.15, 0.2) is 0 Å². The van der Waals surface area contributed by atoms with Crippen molar-refractivity contribution in [2.75, 3.05) is 5.75 Å². The molecule has 2 heterocycles. The molecule has 4 rings (SSSR count). The molecule has 0 spiro atoms. The van der Waals surface area contributed by atoms with Crippen LogP contribution in [0.2, 0.25) is 0 Å². The highest BCUT2D eigenvalue weighted by Gasteiger charge is 2.29. The lowest BCUT2D eigenvalue weighted by Gasteiger charge is -2.16. The van der Waals surface area contributed by atoms with Gasteiger partial charge in [-0.15, -0.1) is 11.8 Å². The highest BCUT2D eigenvalue weighted by atomic mass is 32.2. The van der Waals surface area contributed by atoms with Gasteiger partial charge >= 0.3 is 5.69 Å². The van der Waals surface area contributed by atoms with Gasteiger partial charge in [0, 0.05) is 17.9 Å². The largest absolute Gasteiger partial charge is 0.487 e. The topological polar surface area (TPSA) is 47.0 Å². The summed E-state index contributed by atoms with van der Waals surface area (Å²) in [5, 5.41) is 0. The van der Waals surface area contributed by atoms with Crippen LogP contribution in [0.4, 0.5) is 0 Å². The molecule has 130 valence electrons. The van der Waals surface area contributed by atoms with Crippen LogP contribution in [-0.4, -0.2) is 20.9 Å². The molecular weight excluding hydrogens is 332 g/mol. The van der Waals surface area contributed by atoms with Crippen molar-refractivity contribution in [1.82, 2.24) is 9.55 Å². The van der Waals surface area contributed by atoms with Crippen LogP contribution in [-0.2, 0) is 13.0 Å². The van der Waals surface area contributed by atoms with Crippen LogP contribution in [0.1, 0.15) is 25.8 Å². The molecule has 2 aromatic carbocycles. The first-order valence-electron chi connectivity index (χ1n) is 8.64. The van der Waals surface area contributed by atoms with Crippen molar-refractivity contribution in [2.45, 2.75) is 43.7 Å². The van der Waals surface area contributed by atoms with E-state index in [0.29, 0.717) is 0 Å². The number of aromatic amines is 1. The molecule has 0 amide bonds. The summed E-state index contributed by atoms with van der Waals surface area (Å²) < 4.78 is 7.76. The summed E-state index contributed by atoms with van der Waals surface area (Å²) in [6, 6.07) is 14.3. The summed E-state index contributed by atoms with van der Waals surface area (Å²) in [7, 11) is 0. The third kappa shape index (κ3) is 3.33. The normalized spacial score (nSPS) is 15.3. The van der Waals surface area contributed by atoms with Gasteiger partial charge in [-0.05, 0) is 61.9 Å². The fourth-order valence-corrected chi connectivity index (χ4v) is 4.32. The monoisotopic (exact) mass is 354 g/mol. The Balaban J connectivity index is 1.37. The molecule has 0 saturated carbocycles. The number of aryl methyl sites for hydroxylation is 1. The molecule has 1 aliphatic rings. The predicted octanol–water partition coefficient (Wildman–Crippen LogP) is 4.23. The smallest absolute Gasteiger partial charge is 0.326 e. The van der Waals surface area contributed by atoms with E-state index in [4.69, 9.17) is 4.74 Å². The lowest BCUT2D eigenvalue weighted by molar-refractivity contribution is 0.138. The Kier molecular flexibility index (Phi) is 4.12. The van der Waals surface area contributed by atoms with Crippen molar-refractivity contribution >= 4 is 22.8 Å². The van der Waals surface area contributed by atoms with Crippen molar-refractivity contribution in [2.24, 2.45) is 0 Å². The summed E-state index contributed by atoms with van der Waals surface area (Å²) in [4.78, 5) is 16.3. The SMILES string of the molecule is CC1(C)Cc2cc(SCCCn3c(=O)[nH]c4ccccc43)ccc2O1. The Bertz CT molecular complexity index is 971. The van der Waals surface area contributed by atoms with Crippen molar-refractivity contribution in [3.63, 3.8) is 0 Å². The van der Waals surface area contributed by atoms with E-state index in [-0.39, 0.29) is 11.3 Å². The first-order chi connectivity index (χ1) is 12.0. The van der Waals surface area contributed by atoms with Gasteiger partial charge in [0.05, 0.1) is 11.0 Å². The zero-order valence-electron chi connectivity index (χ0n) is 14.5. The van der Waals surface area contributed by atoms with Crippen LogP contribution < -0.4 is 10.4 Å². The van der Waals surface area contributed by atoms with Gasteiger partial charge in [0.25, 0.3) is 0 Å². The first kappa shape index (κ1) is 16.3. The van der Waals surface area contributed by atoms with Crippen LogP contribution in [0.5, 0.6) is 5.75 Å². The number of nitrogens with zero attached hydrogens (tertiary/aromatic N) is 1. The molecule has 0 fully saturated rings. The summed E-state index contributed by atoms with van der Waals surface area (Å²) >= 11 is 1.84. The second kappa shape index (κ2) is 6.30. The molecule has 4 nitrogen and oxygen atoms in total. The Morgan fingerprint density at radius 1 is 1.24 bits per heavy atom. The van der Waals surface area contributed by atoms with E-state index < -0.39 is 0 Å². The van der Waals surface area contributed by atoms with E-state index in [1.54, 1.807) is 0 Å². The summed E-state index contributed by atoms with van der Waals surface area (Å²) in [5.41, 5.74) is 3.06. The van der Waals surface area contributed by atoms with Gasteiger partial charge in [0.1, 0.15) is 11.4 Å². The van der Waals surface area contributed by atoms with Crippen molar-refractivity contribution in [3.05, 3.63) is 58.5 Å². The van der Waals surface area contributed by atoms with Gasteiger partial charge in [-0.3, -0.25) is 4.57 Å². The molecule has 3 aromatic rings. The highest BCUT2D eigenvalue weighted by molar-refractivity contribution is 7.99. The first-order valence-corrected chi connectivity index (χ1v) is 9.63. The van der Waals surface area contributed by atoms with Crippen LogP contribution >= 0.6 is 11.8 Å². The second-order valence-corrected chi connectivity index (χ2v) is 8.28. The minimum absolute atomic E-state index is 0.0249. The third-order valence-corrected chi connectivity index (χ3v) is 5.59. The molecule has 1 aliphatic heterocycles. The van der Waals surface area contributed by atoms with E-state index in [2.05, 4.69) is 37.0 Å². The molecule has 0 bridgehead atoms. The summed E-state index contributed by atoms with van der Waals surface area (Å²) in [6.07, 6.45) is 1.91. The maximum Gasteiger partial charge on any atom is 0.326 e. The maximum absolute atomic E-state index is 12.1. The maximum atomic E-state index is 12.1. The Labute approximate surface area is 151 Å². The van der Waals surface area contributed by atoms with E-state index in [0.717, 1.165) is 41.9 Å². The molecule has 5 heteroatoms. The van der Waals surface area contributed by atoms with E-state index >= 15 is 0 Å². The molecule has 0 radical (unpaired) electrons. The Morgan fingerprint density at radius 3 is 2.96 bits per heavy atom. The average Bonchev–Trinajstić information content (AvgIpc) is 3.05. The van der Waals surface area contributed by atoms with E-state index in [1.165, 1.54) is 10.5 Å². The Hall–Kier alpha value is -2.14. The van der Waals surface area contributed by atoms with Crippen LogP contribution in [0.25, 0.3) is 11.0 Å². The van der Waals surface area contributed by atoms with Gasteiger partial charge in [-0.2, -0.15) is 0 Å². The fraction of sp³-hybridized carbons (Fsp3) is 0.350. The molecule has 1 aromatic heterocycles. The minimum atomic E-state index is -0.0951. The number of imidazole rings is 1. The molecule has 0 atom stereocenters. The van der Waals surface area contributed by atoms with Gasteiger partial charge < -0.3 is 9.72 Å². The highest BCUT2D eigenvalue weighted by Crippen LogP contribution is 2.37. The zero-order chi connectivity index (χ0) is 17.4. The molecule has 0 saturated heterocycles. The number of fused-ring (bicyclic) bond motifs is 2. The number of hydrogen-bond acceptors (Lipinski definition) is 3. The molecule has 1 N–H and O–H groups in total. The van der Waals surface area contributed by atoms with E-state index in [1.807, 2.05) is 40.6 Å². The number of thioether (sulfide) groups is 1. The predicted molar refractivity (Wildman–Crippen MR) is 103 cm³/mol.